The van der Waals surface area contributed by atoms with E-state index < -0.39 is 12.0 Å². The van der Waals surface area contributed by atoms with Crippen LogP contribution in [0.2, 0.25) is 0 Å². The second-order valence-corrected chi connectivity index (χ2v) is 1.11. The summed E-state index contributed by atoms with van der Waals surface area (Å²) in [5.74, 6) is -0.438. The summed E-state index contributed by atoms with van der Waals surface area (Å²) in [6, 6.07) is 0. The van der Waals surface area contributed by atoms with Gasteiger partial charge in [0, 0.05) is 6.92 Å². The zero-order valence-electron chi connectivity index (χ0n) is 4.26. The summed E-state index contributed by atoms with van der Waals surface area (Å²) in [5, 5.41) is 7.84. The summed E-state index contributed by atoms with van der Waals surface area (Å²) in [6.45, 7) is 1.20. The lowest BCUT2D eigenvalue weighted by molar-refractivity contribution is -0.119. The molecule has 0 spiro atoms. The highest BCUT2D eigenvalue weighted by Crippen LogP contribution is 1.54. The van der Waals surface area contributed by atoms with Gasteiger partial charge in [-0.1, -0.05) is 0 Å². The molecule has 0 fully saturated rings. The van der Waals surface area contributed by atoms with Crippen molar-refractivity contribution in [3.8, 4) is 0 Å². The number of hydrogen-bond acceptors (Lipinski definition) is 2. The minimum atomic E-state index is -1.28. The summed E-state index contributed by atoms with van der Waals surface area (Å²) in [7, 11) is 0. The number of carboxylic acid groups (broad SMARTS) is 1. The van der Waals surface area contributed by atoms with E-state index >= 15 is 0 Å². The lowest BCUT2D eigenvalue weighted by Gasteiger charge is -1.96. The third-order valence-corrected chi connectivity index (χ3v) is 0.345. The van der Waals surface area contributed by atoms with Gasteiger partial charge in [-0.2, -0.15) is 0 Å². The van der Waals surface area contributed by atoms with Crippen LogP contribution >= 0.6 is 0 Å². The molecule has 0 saturated carbocycles. The fourth-order valence-corrected chi connectivity index (χ4v) is 0.141. The lowest BCUT2D eigenvalue weighted by atomic mass is 10.8. The normalized spacial score (nSPS) is 7.62. The monoisotopic (exact) mass is 118 g/mol. The zero-order valence-corrected chi connectivity index (χ0v) is 4.26. The van der Waals surface area contributed by atoms with Crippen molar-refractivity contribution in [3.63, 3.8) is 0 Å². The highest BCUT2D eigenvalue weighted by molar-refractivity contribution is 5.76. The van der Waals surface area contributed by atoms with Crippen molar-refractivity contribution in [3.05, 3.63) is 0 Å². The van der Waals surface area contributed by atoms with Crippen LogP contribution in [0.15, 0.2) is 0 Å². The molecule has 0 heterocycles. The van der Waals surface area contributed by atoms with Crippen molar-refractivity contribution in [2.24, 2.45) is 0 Å². The van der Waals surface area contributed by atoms with Gasteiger partial charge in [0.05, 0.1) is 0 Å². The molecule has 2 amide bonds. The van der Waals surface area contributed by atoms with Gasteiger partial charge in [0.25, 0.3) is 0 Å². The number of hydrazine groups is 1. The van der Waals surface area contributed by atoms with Gasteiger partial charge in [0.1, 0.15) is 0 Å². The summed E-state index contributed by atoms with van der Waals surface area (Å²) < 4.78 is 0. The topological polar surface area (TPSA) is 78.4 Å². The molecule has 0 unspecified atom stereocenters. The van der Waals surface area contributed by atoms with E-state index in [0.717, 1.165) is 0 Å². The van der Waals surface area contributed by atoms with Crippen molar-refractivity contribution in [1.82, 2.24) is 10.9 Å². The second kappa shape index (κ2) is 2.84. The molecule has 0 bridgehead atoms. The van der Waals surface area contributed by atoms with Crippen molar-refractivity contribution < 1.29 is 14.7 Å². The van der Waals surface area contributed by atoms with Crippen molar-refractivity contribution in [2.45, 2.75) is 6.92 Å². The van der Waals surface area contributed by atoms with Crippen molar-refractivity contribution in [1.29, 1.82) is 0 Å². The van der Waals surface area contributed by atoms with E-state index in [-0.39, 0.29) is 0 Å². The molecule has 0 atom stereocenters. The van der Waals surface area contributed by atoms with Gasteiger partial charge < -0.3 is 5.11 Å². The Morgan fingerprint density at radius 2 is 1.88 bits per heavy atom. The summed E-state index contributed by atoms with van der Waals surface area (Å²) in [4.78, 5) is 19.5. The molecule has 3 N–H and O–H groups in total. The van der Waals surface area contributed by atoms with Gasteiger partial charge >= 0.3 is 6.09 Å². The molecule has 0 aromatic carbocycles. The second-order valence-electron chi connectivity index (χ2n) is 1.11. The number of hydrogen-bond donors (Lipinski definition) is 3. The molecule has 0 rings (SSSR count). The Balaban J connectivity index is 3.18. The van der Waals surface area contributed by atoms with Crippen LogP contribution < -0.4 is 10.9 Å². The van der Waals surface area contributed by atoms with Gasteiger partial charge in [0.15, 0.2) is 0 Å². The van der Waals surface area contributed by atoms with Crippen molar-refractivity contribution in [2.75, 3.05) is 0 Å². The largest absolute Gasteiger partial charge is 0.464 e. The maximum atomic E-state index is 9.91. The molecule has 46 valence electrons. The molecule has 0 aromatic rings. The quantitative estimate of drug-likeness (QED) is 0.368. The average molecular weight is 118 g/mol. The Kier molecular flexibility index (Phi) is 2.39. The summed E-state index contributed by atoms with van der Waals surface area (Å²) >= 11 is 0. The Bertz CT molecular complexity index is 97.1. The van der Waals surface area contributed by atoms with E-state index in [0.29, 0.717) is 0 Å². The SMILES string of the molecule is CC(=O)NNC(=O)O. The zero-order chi connectivity index (χ0) is 6.57. The van der Waals surface area contributed by atoms with Crippen molar-refractivity contribution >= 4 is 12.0 Å². The molecule has 0 saturated heterocycles. The van der Waals surface area contributed by atoms with Crippen LogP contribution in [0.5, 0.6) is 0 Å². The van der Waals surface area contributed by atoms with E-state index in [1.165, 1.54) is 6.92 Å². The molecular weight excluding hydrogens is 112 g/mol. The van der Waals surface area contributed by atoms with Gasteiger partial charge in [0.2, 0.25) is 5.91 Å². The molecule has 0 aliphatic heterocycles. The minimum absolute atomic E-state index is 0.438. The van der Waals surface area contributed by atoms with E-state index in [1.807, 2.05) is 5.43 Å². The third kappa shape index (κ3) is 4.74. The van der Waals surface area contributed by atoms with Crippen LogP contribution in [0.3, 0.4) is 0 Å². The average Bonchev–Trinajstić information content (AvgIpc) is 1.61. The number of rotatable bonds is 0. The number of carbonyl (C=O) groups is 2. The van der Waals surface area contributed by atoms with E-state index in [2.05, 4.69) is 0 Å². The van der Waals surface area contributed by atoms with Crippen LogP contribution in [0, 0.1) is 0 Å². The number of carbonyl (C=O) groups excluding carboxylic acids is 1. The standard InChI is InChI=1S/C3H6N2O3/c1-2(6)4-5-3(7)8/h5H,1H3,(H,4,6)(H,7,8). The molecular formula is C3H6N2O3. The maximum Gasteiger partial charge on any atom is 0.423 e. The third-order valence-electron chi connectivity index (χ3n) is 0.345. The lowest BCUT2D eigenvalue weighted by Crippen LogP contribution is -2.39. The Morgan fingerprint density at radius 1 is 1.38 bits per heavy atom. The van der Waals surface area contributed by atoms with Gasteiger partial charge in [-0.25, -0.2) is 10.2 Å². The molecule has 5 heteroatoms. The van der Waals surface area contributed by atoms with Crippen LogP contribution in [0.25, 0.3) is 0 Å². The first kappa shape index (κ1) is 6.74. The Hall–Kier alpha value is -1.26. The van der Waals surface area contributed by atoms with Crippen LogP contribution in [-0.2, 0) is 4.79 Å². The van der Waals surface area contributed by atoms with Gasteiger partial charge in [-0.3, -0.25) is 10.2 Å². The molecule has 0 radical (unpaired) electrons. The first-order valence-electron chi connectivity index (χ1n) is 1.88. The Morgan fingerprint density at radius 3 is 2.00 bits per heavy atom. The van der Waals surface area contributed by atoms with Crippen LogP contribution in [-0.4, -0.2) is 17.1 Å². The first-order chi connectivity index (χ1) is 3.63. The minimum Gasteiger partial charge on any atom is -0.464 e. The summed E-state index contributed by atoms with van der Waals surface area (Å²) in [6.07, 6.45) is -1.28. The molecule has 0 aliphatic rings. The predicted molar refractivity (Wildman–Crippen MR) is 25.0 cm³/mol. The highest BCUT2D eigenvalue weighted by Gasteiger charge is 1.91. The summed E-state index contributed by atoms with van der Waals surface area (Å²) in [5.41, 5.74) is 3.52. The van der Waals surface area contributed by atoms with E-state index in [1.54, 1.807) is 5.43 Å². The molecule has 0 aliphatic carbocycles. The highest BCUT2D eigenvalue weighted by atomic mass is 16.4. The first-order valence-corrected chi connectivity index (χ1v) is 1.88. The van der Waals surface area contributed by atoms with Gasteiger partial charge in [-0.05, 0) is 0 Å². The smallest absolute Gasteiger partial charge is 0.423 e. The van der Waals surface area contributed by atoms with Crippen LogP contribution in [0.4, 0.5) is 4.79 Å². The predicted octanol–water partition coefficient (Wildman–Crippen LogP) is -0.695. The Labute approximate surface area is 45.7 Å². The van der Waals surface area contributed by atoms with Gasteiger partial charge in [-0.15, -0.1) is 0 Å². The molecule has 8 heavy (non-hydrogen) atoms. The number of amides is 2. The van der Waals surface area contributed by atoms with E-state index in [4.69, 9.17) is 5.11 Å². The fraction of sp³-hybridized carbons (Fsp3) is 0.333. The maximum absolute atomic E-state index is 9.91. The number of nitrogens with one attached hydrogen (secondary N) is 2. The fourth-order valence-electron chi connectivity index (χ4n) is 0.141. The molecule has 0 aromatic heterocycles. The molecule has 5 nitrogen and oxygen atoms in total. The van der Waals surface area contributed by atoms with Crippen LogP contribution in [0.1, 0.15) is 6.92 Å². The van der Waals surface area contributed by atoms with E-state index in [9.17, 15) is 9.59 Å².